The molecule has 0 amide bonds. The molecule has 0 aromatic rings. The van der Waals surface area contributed by atoms with Crippen molar-refractivity contribution in [3.8, 4) is 0 Å². The van der Waals surface area contributed by atoms with Gasteiger partial charge in [0.1, 0.15) is 6.10 Å². The average molecular weight is 326 g/mol. The Kier molecular flexibility index (Phi) is 5.18. The topological polar surface area (TPSA) is 63.2 Å². The van der Waals surface area contributed by atoms with Crippen LogP contribution in [0, 0.1) is 5.92 Å². The van der Waals surface area contributed by atoms with Crippen LogP contribution in [-0.2, 0) is 14.2 Å². The van der Waals surface area contributed by atoms with Crippen molar-refractivity contribution >= 4 is 0 Å². The van der Waals surface area contributed by atoms with Gasteiger partial charge in [-0.05, 0) is 25.3 Å². The summed E-state index contributed by atoms with van der Waals surface area (Å²) >= 11 is 0. The SMILES string of the molecule is OC1C(NCC2CCCCC2)C2COC(O2)C1N1CCOCC1. The lowest BCUT2D eigenvalue weighted by Gasteiger charge is -2.45. The Bertz CT molecular complexity index is 385. The summed E-state index contributed by atoms with van der Waals surface area (Å²) in [6.45, 7) is 4.70. The summed E-state index contributed by atoms with van der Waals surface area (Å²) in [5.74, 6) is 0.748. The van der Waals surface area contributed by atoms with Crippen LogP contribution in [0.4, 0.5) is 0 Å². The molecule has 5 unspecified atom stereocenters. The molecule has 3 heterocycles. The predicted molar refractivity (Wildman–Crippen MR) is 85.2 cm³/mol. The second kappa shape index (κ2) is 7.33. The molecule has 0 radical (unpaired) electrons. The van der Waals surface area contributed by atoms with Gasteiger partial charge in [-0.1, -0.05) is 19.3 Å². The van der Waals surface area contributed by atoms with E-state index < -0.39 is 6.10 Å². The first-order valence-electron chi connectivity index (χ1n) is 9.33. The van der Waals surface area contributed by atoms with Crippen molar-refractivity contribution in [1.82, 2.24) is 10.2 Å². The first-order valence-corrected chi connectivity index (χ1v) is 9.33. The normalized spacial score (nSPS) is 42.9. The van der Waals surface area contributed by atoms with E-state index in [-0.39, 0.29) is 24.5 Å². The van der Waals surface area contributed by atoms with Gasteiger partial charge in [0, 0.05) is 13.1 Å². The molecule has 6 heteroatoms. The molecule has 0 aromatic heterocycles. The van der Waals surface area contributed by atoms with Gasteiger partial charge in [-0.3, -0.25) is 4.90 Å². The highest BCUT2D eigenvalue weighted by molar-refractivity contribution is 5.01. The second-order valence-electron chi connectivity index (χ2n) is 7.44. The third-order valence-corrected chi connectivity index (χ3v) is 5.97. The Morgan fingerprint density at radius 3 is 2.65 bits per heavy atom. The Morgan fingerprint density at radius 2 is 1.87 bits per heavy atom. The van der Waals surface area contributed by atoms with E-state index in [9.17, 15) is 5.11 Å². The number of nitrogens with zero attached hydrogens (tertiary/aromatic N) is 1. The summed E-state index contributed by atoms with van der Waals surface area (Å²) in [5, 5.41) is 14.6. The first kappa shape index (κ1) is 16.2. The molecule has 3 saturated heterocycles. The minimum Gasteiger partial charge on any atom is -0.390 e. The van der Waals surface area contributed by atoms with Gasteiger partial charge in [0.2, 0.25) is 0 Å². The number of aliphatic hydroxyl groups is 1. The minimum atomic E-state index is -0.442. The molecular formula is C17H30N2O4. The fourth-order valence-corrected chi connectivity index (χ4v) is 4.61. The molecular weight excluding hydrogens is 296 g/mol. The number of morpholine rings is 1. The number of hydrogen-bond acceptors (Lipinski definition) is 6. The smallest absolute Gasteiger partial charge is 0.176 e. The van der Waals surface area contributed by atoms with E-state index in [0.29, 0.717) is 6.61 Å². The highest BCUT2D eigenvalue weighted by Gasteiger charge is 2.52. The van der Waals surface area contributed by atoms with Crippen LogP contribution in [0.1, 0.15) is 32.1 Å². The van der Waals surface area contributed by atoms with Gasteiger partial charge in [-0.25, -0.2) is 0 Å². The lowest BCUT2D eigenvalue weighted by atomic mass is 9.88. The molecule has 5 atom stereocenters. The van der Waals surface area contributed by atoms with Crippen LogP contribution in [0.2, 0.25) is 0 Å². The zero-order valence-corrected chi connectivity index (χ0v) is 13.9. The molecule has 1 saturated carbocycles. The van der Waals surface area contributed by atoms with E-state index in [4.69, 9.17) is 14.2 Å². The van der Waals surface area contributed by atoms with Crippen LogP contribution < -0.4 is 5.32 Å². The molecule has 1 aliphatic carbocycles. The molecule has 0 aromatic carbocycles. The maximum atomic E-state index is 11.0. The number of ether oxygens (including phenoxy) is 3. The molecule has 2 N–H and O–H groups in total. The van der Waals surface area contributed by atoms with Crippen molar-refractivity contribution in [3.05, 3.63) is 0 Å². The number of fused-ring (bicyclic) bond motifs is 2. The fraction of sp³-hybridized carbons (Fsp3) is 1.00. The highest BCUT2D eigenvalue weighted by atomic mass is 16.7. The van der Waals surface area contributed by atoms with Crippen molar-refractivity contribution in [1.29, 1.82) is 0 Å². The highest BCUT2D eigenvalue weighted by Crippen LogP contribution is 2.32. The van der Waals surface area contributed by atoms with Gasteiger partial charge < -0.3 is 24.6 Å². The third-order valence-electron chi connectivity index (χ3n) is 5.97. The van der Waals surface area contributed by atoms with E-state index in [1.54, 1.807) is 0 Å². The average Bonchev–Trinajstić information content (AvgIpc) is 3.02. The molecule has 4 fully saturated rings. The van der Waals surface area contributed by atoms with Crippen LogP contribution in [0.15, 0.2) is 0 Å². The predicted octanol–water partition coefficient (Wildman–Crippen LogP) is 0.342. The Labute approximate surface area is 138 Å². The largest absolute Gasteiger partial charge is 0.390 e. The molecule has 132 valence electrons. The van der Waals surface area contributed by atoms with Gasteiger partial charge >= 0.3 is 0 Å². The molecule has 3 aliphatic heterocycles. The van der Waals surface area contributed by atoms with Gasteiger partial charge in [-0.15, -0.1) is 0 Å². The molecule has 6 nitrogen and oxygen atoms in total. The van der Waals surface area contributed by atoms with Crippen LogP contribution in [-0.4, -0.2) is 80.0 Å². The number of nitrogens with one attached hydrogen (secondary N) is 1. The summed E-state index contributed by atoms with van der Waals surface area (Å²) in [7, 11) is 0. The third kappa shape index (κ3) is 3.43. The van der Waals surface area contributed by atoms with Crippen molar-refractivity contribution < 1.29 is 19.3 Å². The summed E-state index contributed by atoms with van der Waals surface area (Å²) in [6, 6.07) is -0.106. The number of rotatable bonds is 4. The molecule has 2 bridgehead atoms. The molecule has 23 heavy (non-hydrogen) atoms. The monoisotopic (exact) mass is 326 g/mol. The van der Waals surface area contributed by atoms with Crippen molar-refractivity contribution in [3.63, 3.8) is 0 Å². The summed E-state index contributed by atoms with van der Waals surface area (Å²) in [5.41, 5.74) is 0. The van der Waals surface area contributed by atoms with E-state index >= 15 is 0 Å². The lowest BCUT2D eigenvalue weighted by Crippen LogP contribution is -2.66. The zero-order valence-electron chi connectivity index (χ0n) is 13.9. The molecule has 0 spiro atoms. The second-order valence-corrected chi connectivity index (χ2v) is 7.44. The lowest BCUT2D eigenvalue weighted by molar-refractivity contribution is -0.191. The Balaban J connectivity index is 1.39. The maximum absolute atomic E-state index is 11.0. The Hall–Kier alpha value is -0.240. The van der Waals surface area contributed by atoms with E-state index in [2.05, 4.69) is 10.2 Å². The maximum Gasteiger partial charge on any atom is 0.176 e. The van der Waals surface area contributed by atoms with Crippen LogP contribution in [0.5, 0.6) is 0 Å². The van der Waals surface area contributed by atoms with Crippen molar-refractivity contribution in [2.45, 2.75) is 62.7 Å². The van der Waals surface area contributed by atoms with Gasteiger partial charge in [0.05, 0.1) is 38.0 Å². The standard InChI is InChI=1S/C17H30N2O4/c20-16-14(18-10-12-4-2-1-3-5-12)13-11-22-17(23-13)15(16)19-6-8-21-9-7-19/h12-18,20H,1-11H2. The van der Waals surface area contributed by atoms with Crippen LogP contribution in [0.25, 0.3) is 0 Å². The van der Waals surface area contributed by atoms with Gasteiger partial charge in [-0.2, -0.15) is 0 Å². The van der Waals surface area contributed by atoms with E-state index in [1.165, 1.54) is 32.1 Å². The number of aliphatic hydroxyl groups excluding tert-OH is 1. The van der Waals surface area contributed by atoms with Crippen molar-refractivity contribution in [2.75, 3.05) is 39.5 Å². The van der Waals surface area contributed by atoms with Crippen LogP contribution >= 0.6 is 0 Å². The van der Waals surface area contributed by atoms with Crippen LogP contribution in [0.3, 0.4) is 0 Å². The quantitative estimate of drug-likeness (QED) is 0.777. The summed E-state index contributed by atoms with van der Waals surface area (Å²) in [6.07, 6.45) is 5.95. The van der Waals surface area contributed by atoms with Crippen molar-refractivity contribution in [2.24, 2.45) is 5.92 Å². The van der Waals surface area contributed by atoms with Gasteiger partial charge in [0.25, 0.3) is 0 Å². The Morgan fingerprint density at radius 1 is 1.09 bits per heavy atom. The number of hydrogen-bond donors (Lipinski definition) is 2. The minimum absolute atomic E-state index is 0.0177. The van der Waals surface area contributed by atoms with Gasteiger partial charge in [0.15, 0.2) is 6.29 Å². The van der Waals surface area contributed by atoms with E-state index in [0.717, 1.165) is 38.8 Å². The fourth-order valence-electron chi connectivity index (χ4n) is 4.61. The molecule has 4 aliphatic rings. The first-order chi connectivity index (χ1) is 11.3. The molecule has 4 rings (SSSR count). The zero-order chi connectivity index (χ0) is 15.6. The summed E-state index contributed by atoms with van der Waals surface area (Å²) < 4.78 is 17.3. The van der Waals surface area contributed by atoms with E-state index in [1.807, 2.05) is 0 Å². The summed E-state index contributed by atoms with van der Waals surface area (Å²) in [4.78, 5) is 2.27.